The maximum Gasteiger partial charge on any atom is 0.109 e. The first-order valence-corrected chi connectivity index (χ1v) is 6.98. The van der Waals surface area contributed by atoms with Gasteiger partial charge in [0.2, 0.25) is 0 Å². The summed E-state index contributed by atoms with van der Waals surface area (Å²) >= 11 is 0. The van der Waals surface area contributed by atoms with E-state index in [9.17, 15) is 0 Å². The Balaban J connectivity index is 1.54. The average molecular weight is 243 g/mol. The van der Waals surface area contributed by atoms with Gasteiger partial charge in [0.1, 0.15) is 5.82 Å². The van der Waals surface area contributed by atoms with Gasteiger partial charge in [-0.15, -0.1) is 0 Å². The van der Waals surface area contributed by atoms with Crippen LogP contribution in [0.2, 0.25) is 0 Å². The molecule has 1 fully saturated rings. The van der Waals surface area contributed by atoms with Crippen molar-refractivity contribution >= 4 is 11.0 Å². The molecule has 3 nitrogen and oxygen atoms in total. The minimum atomic E-state index is 0.834. The van der Waals surface area contributed by atoms with Crippen molar-refractivity contribution in [2.45, 2.75) is 38.1 Å². The highest BCUT2D eigenvalue weighted by atomic mass is 15.1. The fourth-order valence-electron chi connectivity index (χ4n) is 2.42. The van der Waals surface area contributed by atoms with Gasteiger partial charge in [-0.25, -0.2) is 4.98 Å². The molecule has 3 rings (SSSR count). The zero-order valence-electron chi connectivity index (χ0n) is 11.0. The van der Waals surface area contributed by atoms with Gasteiger partial charge >= 0.3 is 0 Å². The number of aromatic nitrogens is 2. The van der Waals surface area contributed by atoms with Crippen LogP contribution in [-0.4, -0.2) is 22.1 Å². The predicted molar refractivity (Wildman–Crippen MR) is 74.7 cm³/mol. The lowest BCUT2D eigenvalue weighted by molar-refractivity contribution is 0.607. The zero-order chi connectivity index (χ0) is 12.4. The molecule has 96 valence electrons. The van der Waals surface area contributed by atoms with Gasteiger partial charge in [-0.2, -0.15) is 0 Å². The molecule has 0 atom stereocenters. The Morgan fingerprint density at radius 3 is 2.89 bits per heavy atom. The Labute approximate surface area is 108 Å². The van der Waals surface area contributed by atoms with Crippen molar-refractivity contribution in [3.8, 4) is 0 Å². The Kier molecular flexibility index (Phi) is 3.33. The van der Waals surface area contributed by atoms with E-state index in [4.69, 9.17) is 4.98 Å². The first-order valence-electron chi connectivity index (χ1n) is 6.98. The van der Waals surface area contributed by atoms with Crippen molar-refractivity contribution in [2.75, 3.05) is 6.54 Å². The summed E-state index contributed by atoms with van der Waals surface area (Å²) in [6.45, 7) is 1.16. The molecule has 1 aromatic heterocycles. The summed E-state index contributed by atoms with van der Waals surface area (Å²) < 4.78 is 2.23. The first kappa shape index (κ1) is 11.7. The second-order valence-electron chi connectivity index (χ2n) is 5.26. The Morgan fingerprint density at radius 2 is 2.11 bits per heavy atom. The molecule has 0 bridgehead atoms. The van der Waals surface area contributed by atoms with E-state index in [0.29, 0.717) is 0 Å². The van der Waals surface area contributed by atoms with Crippen LogP contribution < -0.4 is 5.32 Å². The maximum atomic E-state index is 4.70. The number of rotatable bonds is 6. The summed E-state index contributed by atoms with van der Waals surface area (Å²) in [5, 5.41) is 3.56. The number of para-hydroxylation sites is 2. The molecule has 0 aliphatic heterocycles. The monoisotopic (exact) mass is 243 g/mol. The van der Waals surface area contributed by atoms with Crippen LogP contribution in [0.1, 0.15) is 31.5 Å². The fraction of sp³-hybridized carbons (Fsp3) is 0.533. The van der Waals surface area contributed by atoms with E-state index in [0.717, 1.165) is 24.5 Å². The first-order chi connectivity index (χ1) is 8.84. The van der Waals surface area contributed by atoms with E-state index in [1.807, 2.05) is 0 Å². The third-order valence-electron chi connectivity index (χ3n) is 3.72. The number of nitrogens with one attached hydrogen (secondary N) is 1. The molecule has 0 saturated heterocycles. The molecule has 0 unspecified atom stereocenters. The number of aryl methyl sites for hydroxylation is 2. The second-order valence-corrected chi connectivity index (χ2v) is 5.26. The summed E-state index contributed by atoms with van der Waals surface area (Å²) in [7, 11) is 2.12. The third kappa shape index (κ3) is 2.56. The van der Waals surface area contributed by atoms with Gasteiger partial charge in [-0.1, -0.05) is 12.1 Å². The second kappa shape index (κ2) is 5.11. The van der Waals surface area contributed by atoms with Crippen LogP contribution in [-0.2, 0) is 13.5 Å². The minimum Gasteiger partial charge on any atom is -0.331 e. The normalized spacial score (nSPS) is 15.4. The summed E-state index contributed by atoms with van der Waals surface area (Å²) in [5.74, 6) is 1.21. The highest BCUT2D eigenvalue weighted by molar-refractivity contribution is 5.75. The van der Waals surface area contributed by atoms with E-state index in [1.54, 1.807) is 0 Å². The molecule has 1 saturated carbocycles. The number of nitrogens with zero attached hydrogens (tertiary/aromatic N) is 2. The molecule has 1 N–H and O–H groups in total. The zero-order valence-corrected chi connectivity index (χ0v) is 11.0. The standard InChI is InChI=1S/C15H21N3/c1-18-14-7-3-2-6-13(14)17-15(18)8-4-5-11-16-12-9-10-12/h2-3,6-7,12,16H,4-5,8-11H2,1H3. The molecule has 18 heavy (non-hydrogen) atoms. The molecule has 1 aromatic carbocycles. The topological polar surface area (TPSA) is 29.9 Å². The van der Waals surface area contributed by atoms with Gasteiger partial charge < -0.3 is 9.88 Å². The molecular formula is C15H21N3. The van der Waals surface area contributed by atoms with E-state index in [1.165, 1.54) is 37.0 Å². The van der Waals surface area contributed by atoms with Crippen molar-refractivity contribution in [1.82, 2.24) is 14.9 Å². The molecule has 0 amide bonds. The Bertz CT molecular complexity index is 526. The summed E-state index contributed by atoms with van der Waals surface area (Å²) in [6, 6.07) is 9.20. The van der Waals surface area contributed by atoms with Crippen LogP contribution in [0.15, 0.2) is 24.3 Å². The lowest BCUT2D eigenvalue weighted by atomic mass is 10.2. The summed E-state index contributed by atoms with van der Waals surface area (Å²) in [5.41, 5.74) is 2.36. The molecule has 1 heterocycles. The van der Waals surface area contributed by atoms with Crippen LogP contribution in [0.4, 0.5) is 0 Å². The number of imidazole rings is 1. The van der Waals surface area contributed by atoms with E-state index in [2.05, 4.69) is 41.2 Å². The van der Waals surface area contributed by atoms with Crippen molar-refractivity contribution in [1.29, 1.82) is 0 Å². The number of fused-ring (bicyclic) bond motifs is 1. The molecule has 0 radical (unpaired) electrons. The van der Waals surface area contributed by atoms with E-state index in [-0.39, 0.29) is 0 Å². The Morgan fingerprint density at radius 1 is 1.28 bits per heavy atom. The molecule has 1 aliphatic rings. The average Bonchev–Trinajstić information content (AvgIpc) is 3.16. The smallest absolute Gasteiger partial charge is 0.109 e. The molecule has 1 aliphatic carbocycles. The largest absolute Gasteiger partial charge is 0.331 e. The molecule has 3 heteroatoms. The Hall–Kier alpha value is -1.35. The number of hydrogen-bond donors (Lipinski definition) is 1. The number of hydrogen-bond acceptors (Lipinski definition) is 2. The van der Waals surface area contributed by atoms with Gasteiger partial charge in [0.05, 0.1) is 11.0 Å². The van der Waals surface area contributed by atoms with Gasteiger partial charge in [-0.3, -0.25) is 0 Å². The summed E-state index contributed by atoms with van der Waals surface area (Å²) in [4.78, 5) is 4.70. The molecule has 2 aromatic rings. The third-order valence-corrected chi connectivity index (χ3v) is 3.72. The van der Waals surface area contributed by atoms with Gasteiger partial charge in [0.25, 0.3) is 0 Å². The van der Waals surface area contributed by atoms with E-state index < -0.39 is 0 Å². The fourth-order valence-corrected chi connectivity index (χ4v) is 2.42. The van der Waals surface area contributed by atoms with Crippen molar-refractivity contribution in [3.63, 3.8) is 0 Å². The van der Waals surface area contributed by atoms with Crippen LogP contribution in [0.3, 0.4) is 0 Å². The van der Waals surface area contributed by atoms with Crippen LogP contribution in [0.5, 0.6) is 0 Å². The lowest BCUT2D eigenvalue weighted by Gasteiger charge is -2.03. The van der Waals surface area contributed by atoms with Crippen LogP contribution in [0, 0.1) is 0 Å². The summed E-state index contributed by atoms with van der Waals surface area (Å²) in [6.07, 6.45) is 6.31. The van der Waals surface area contributed by atoms with E-state index >= 15 is 0 Å². The molecular weight excluding hydrogens is 222 g/mol. The quantitative estimate of drug-likeness (QED) is 0.790. The van der Waals surface area contributed by atoms with Crippen LogP contribution >= 0.6 is 0 Å². The van der Waals surface area contributed by atoms with Gasteiger partial charge in [0, 0.05) is 19.5 Å². The van der Waals surface area contributed by atoms with Gasteiger partial charge in [0.15, 0.2) is 0 Å². The van der Waals surface area contributed by atoms with Crippen LogP contribution in [0.25, 0.3) is 11.0 Å². The lowest BCUT2D eigenvalue weighted by Crippen LogP contribution is -2.17. The minimum absolute atomic E-state index is 0.834. The maximum absolute atomic E-state index is 4.70. The van der Waals surface area contributed by atoms with Crippen molar-refractivity contribution in [3.05, 3.63) is 30.1 Å². The number of benzene rings is 1. The highest BCUT2D eigenvalue weighted by Crippen LogP contribution is 2.19. The molecule has 0 spiro atoms. The highest BCUT2D eigenvalue weighted by Gasteiger charge is 2.19. The predicted octanol–water partition coefficient (Wildman–Crippen LogP) is 2.65. The van der Waals surface area contributed by atoms with Gasteiger partial charge in [-0.05, 0) is 44.4 Å². The van der Waals surface area contributed by atoms with Crippen molar-refractivity contribution < 1.29 is 0 Å². The SMILES string of the molecule is Cn1c(CCCCNC2CC2)nc2ccccc21. The number of unbranched alkanes of at least 4 members (excludes halogenated alkanes) is 1. The van der Waals surface area contributed by atoms with Crippen molar-refractivity contribution in [2.24, 2.45) is 7.05 Å².